The van der Waals surface area contributed by atoms with Gasteiger partial charge in [-0.25, -0.2) is 0 Å². The number of nitrogens with zero attached hydrogens (tertiary/aromatic N) is 2. The number of phenols is 1. The fourth-order valence-electron chi connectivity index (χ4n) is 1.29. The summed E-state index contributed by atoms with van der Waals surface area (Å²) in [6.45, 7) is 3.98. The Labute approximate surface area is 84.2 Å². The van der Waals surface area contributed by atoms with Gasteiger partial charge in [-0.05, 0) is 24.2 Å². The summed E-state index contributed by atoms with van der Waals surface area (Å²) in [7, 11) is 0. The van der Waals surface area contributed by atoms with Crippen molar-refractivity contribution in [3.63, 3.8) is 0 Å². The molecule has 1 aromatic rings. The second-order valence-electron chi connectivity index (χ2n) is 3.13. The number of aromatic hydroxyl groups is 1. The summed E-state index contributed by atoms with van der Waals surface area (Å²) in [5.41, 5.74) is 1.03. The highest BCUT2D eigenvalue weighted by molar-refractivity contribution is 5.27. The Kier molecular flexibility index (Phi) is 3.96. The quantitative estimate of drug-likeness (QED) is 0.735. The van der Waals surface area contributed by atoms with E-state index in [0.29, 0.717) is 13.1 Å². The number of nitriles is 1. The van der Waals surface area contributed by atoms with Crippen LogP contribution in [0.2, 0.25) is 0 Å². The number of hydrogen-bond acceptors (Lipinski definition) is 3. The number of benzene rings is 1. The zero-order valence-electron chi connectivity index (χ0n) is 8.27. The minimum absolute atomic E-state index is 0.274. The lowest BCUT2D eigenvalue weighted by atomic mass is 10.2. The summed E-state index contributed by atoms with van der Waals surface area (Å²) in [4.78, 5) is 2.01. The first-order chi connectivity index (χ1) is 6.76. The summed E-state index contributed by atoms with van der Waals surface area (Å²) in [5, 5.41) is 17.8. The van der Waals surface area contributed by atoms with Crippen molar-refractivity contribution >= 4 is 0 Å². The third kappa shape index (κ3) is 3.08. The van der Waals surface area contributed by atoms with Gasteiger partial charge in [0.15, 0.2) is 0 Å². The maximum Gasteiger partial charge on any atom is 0.115 e. The van der Waals surface area contributed by atoms with Crippen molar-refractivity contribution < 1.29 is 5.11 Å². The van der Waals surface area contributed by atoms with E-state index in [4.69, 9.17) is 5.26 Å². The number of phenolic OH excluding ortho intramolecular Hbond substituents is 1. The zero-order valence-corrected chi connectivity index (χ0v) is 8.27. The second-order valence-corrected chi connectivity index (χ2v) is 3.13. The highest BCUT2D eigenvalue weighted by atomic mass is 16.3. The van der Waals surface area contributed by atoms with Gasteiger partial charge in [0.2, 0.25) is 0 Å². The van der Waals surface area contributed by atoms with E-state index in [-0.39, 0.29) is 5.75 Å². The molecule has 0 saturated carbocycles. The van der Waals surface area contributed by atoms with Crippen LogP contribution < -0.4 is 0 Å². The smallest absolute Gasteiger partial charge is 0.115 e. The lowest BCUT2D eigenvalue weighted by Crippen LogP contribution is -2.22. The second kappa shape index (κ2) is 5.25. The van der Waals surface area contributed by atoms with E-state index in [9.17, 15) is 5.11 Å². The van der Waals surface area contributed by atoms with Crippen LogP contribution in [0.5, 0.6) is 5.75 Å². The van der Waals surface area contributed by atoms with Crippen LogP contribution in [0.15, 0.2) is 24.3 Å². The Hall–Kier alpha value is -1.53. The fourth-order valence-corrected chi connectivity index (χ4v) is 1.29. The van der Waals surface area contributed by atoms with E-state index in [1.54, 1.807) is 12.1 Å². The maximum atomic E-state index is 9.25. The molecule has 0 fully saturated rings. The topological polar surface area (TPSA) is 47.3 Å². The molecule has 0 heterocycles. The predicted octanol–water partition coefficient (Wildman–Crippen LogP) is 1.74. The van der Waals surface area contributed by atoms with Crippen LogP contribution in [0.25, 0.3) is 0 Å². The van der Waals surface area contributed by atoms with Crippen molar-refractivity contribution in [1.82, 2.24) is 4.90 Å². The van der Waals surface area contributed by atoms with E-state index in [0.717, 1.165) is 12.1 Å². The Morgan fingerprint density at radius 3 is 2.86 bits per heavy atom. The van der Waals surface area contributed by atoms with Crippen LogP contribution in [0.1, 0.15) is 12.5 Å². The first-order valence-electron chi connectivity index (χ1n) is 4.63. The van der Waals surface area contributed by atoms with E-state index < -0.39 is 0 Å². The highest BCUT2D eigenvalue weighted by Crippen LogP contribution is 2.12. The van der Waals surface area contributed by atoms with Crippen molar-refractivity contribution in [3.05, 3.63) is 29.8 Å². The van der Waals surface area contributed by atoms with Gasteiger partial charge in [0.25, 0.3) is 0 Å². The highest BCUT2D eigenvalue weighted by Gasteiger charge is 2.02. The lowest BCUT2D eigenvalue weighted by Gasteiger charge is -2.16. The van der Waals surface area contributed by atoms with Crippen molar-refractivity contribution in [3.8, 4) is 11.8 Å². The molecule has 0 radical (unpaired) electrons. The summed E-state index contributed by atoms with van der Waals surface area (Å²) in [5.74, 6) is 0.274. The van der Waals surface area contributed by atoms with Crippen LogP contribution in [0.4, 0.5) is 0 Å². The third-order valence-electron chi connectivity index (χ3n) is 2.06. The van der Waals surface area contributed by atoms with Gasteiger partial charge in [0, 0.05) is 6.54 Å². The Balaban J connectivity index is 2.63. The van der Waals surface area contributed by atoms with Crippen LogP contribution in [-0.4, -0.2) is 23.1 Å². The molecule has 14 heavy (non-hydrogen) atoms. The molecule has 0 atom stereocenters. The Morgan fingerprint density at radius 2 is 2.29 bits per heavy atom. The van der Waals surface area contributed by atoms with Gasteiger partial charge in [0.1, 0.15) is 5.75 Å². The van der Waals surface area contributed by atoms with Gasteiger partial charge < -0.3 is 5.11 Å². The van der Waals surface area contributed by atoms with E-state index in [1.807, 2.05) is 24.0 Å². The summed E-state index contributed by atoms with van der Waals surface area (Å²) in [6.07, 6.45) is 0. The number of hydrogen-bond donors (Lipinski definition) is 1. The van der Waals surface area contributed by atoms with Gasteiger partial charge in [-0.15, -0.1) is 0 Å². The van der Waals surface area contributed by atoms with E-state index >= 15 is 0 Å². The molecule has 0 aliphatic rings. The minimum Gasteiger partial charge on any atom is -0.508 e. The lowest BCUT2D eigenvalue weighted by molar-refractivity contribution is 0.314. The van der Waals surface area contributed by atoms with Crippen LogP contribution in [0.3, 0.4) is 0 Å². The molecular weight excluding hydrogens is 176 g/mol. The molecule has 0 amide bonds. The van der Waals surface area contributed by atoms with Crippen molar-refractivity contribution in [2.75, 3.05) is 13.1 Å². The average Bonchev–Trinajstić information content (AvgIpc) is 2.17. The molecule has 0 spiro atoms. The van der Waals surface area contributed by atoms with E-state index in [1.165, 1.54) is 0 Å². The van der Waals surface area contributed by atoms with E-state index in [2.05, 4.69) is 6.07 Å². The molecule has 0 bridgehead atoms. The molecule has 0 aliphatic heterocycles. The normalized spacial score (nSPS) is 10.1. The minimum atomic E-state index is 0.274. The van der Waals surface area contributed by atoms with Crippen molar-refractivity contribution in [2.45, 2.75) is 13.5 Å². The van der Waals surface area contributed by atoms with Crippen LogP contribution in [0, 0.1) is 11.3 Å². The van der Waals surface area contributed by atoms with Crippen LogP contribution >= 0.6 is 0 Å². The predicted molar refractivity (Wildman–Crippen MR) is 54.7 cm³/mol. The molecule has 0 aromatic heterocycles. The SMILES string of the molecule is CCN(CC#N)Cc1cccc(O)c1. The molecule has 1 N–H and O–H groups in total. The standard InChI is InChI=1S/C11H14N2O/c1-2-13(7-6-12)9-10-4-3-5-11(14)8-10/h3-5,8,14H,2,7,9H2,1H3. The zero-order chi connectivity index (χ0) is 10.4. The molecule has 0 saturated heterocycles. The largest absolute Gasteiger partial charge is 0.508 e. The first-order valence-corrected chi connectivity index (χ1v) is 4.63. The Bertz CT molecular complexity index is 330. The number of rotatable bonds is 4. The molecule has 0 aliphatic carbocycles. The van der Waals surface area contributed by atoms with Gasteiger partial charge in [0.05, 0.1) is 12.6 Å². The van der Waals surface area contributed by atoms with Crippen LogP contribution in [-0.2, 0) is 6.54 Å². The monoisotopic (exact) mass is 190 g/mol. The maximum absolute atomic E-state index is 9.25. The van der Waals surface area contributed by atoms with Gasteiger partial charge in [-0.3, -0.25) is 4.90 Å². The molecule has 1 aromatic carbocycles. The third-order valence-corrected chi connectivity index (χ3v) is 2.06. The Morgan fingerprint density at radius 1 is 1.50 bits per heavy atom. The first kappa shape index (κ1) is 10.6. The molecule has 3 nitrogen and oxygen atoms in total. The molecule has 74 valence electrons. The molecule has 0 unspecified atom stereocenters. The molecular formula is C11H14N2O. The van der Waals surface area contributed by atoms with Gasteiger partial charge in [-0.1, -0.05) is 19.1 Å². The van der Waals surface area contributed by atoms with Gasteiger partial charge >= 0.3 is 0 Å². The average molecular weight is 190 g/mol. The van der Waals surface area contributed by atoms with Crippen molar-refractivity contribution in [2.24, 2.45) is 0 Å². The summed E-state index contributed by atoms with van der Waals surface area (Å²) >= 11 is 0. The molecule has 1 rings (SSSR count). The van der Waals surface area contributed by atoms with Gasteiger partial charge in [-0.2, -0.15) is 5.26 Å². The fraction of sp³-hybridized carbons (Fsp3) is 0.364. The summed E-state index contributed by atoms with van der Waals surface area (Å²) < 4.78 is 0. The van der Waals surface area contributed by atoms with Crippen molar-refractivity contribution in [1.29, 1.82) is 5.26 Å². The summed E-state index contributed by atoms with van der Waals surface area (Å²) in [6, 6.07) is 9.24. The molecule has 3 heteroatoms.